The fourth-order valence-corrected chi connectivity index (χ4v) is 3.23. The minimum atomic E-state index is -0.493. The van der Waals surface area contributed by atoms with E-state index in [-0.39, 0.29) is 33.4 Å². The number of likely N-dealkylation sites (tertiary alicyclic amines) is 1. The number of nitrogen functional groups attached to an aromatic ring is 1. The predicted octanol–water partition coefficient (Wildman–Crippen LogP) is 2.90. The van der Waals surface area contributed by atoms with Crippen molar-refractivity contribution in [2.24, 2.45) is 11.3 Å². The lowest BCUT2D eigenvalue weighted by Gasteiger charge is -2.33. The zero-order chi connectivity index (χ0) is 19.5. The second-order valence-corrected chi connectivity index (χ2v) is 8.54. The molecule has 0 aromatic carbocycles. The zero-order valence-corrected chi connectivity index (χ0v) is 16.5. The average molecular weight is 382 g/mol. The molecule has 1 aromatic rings. The Labute approximate surface area is 159 Å². The fraction of sp³-hybridized carbons (Fsp3) is 0.632. The first kappa shape index (κ1) is 20.6. The summed E-state index contributed by atoms with van der Waals surface area (Å²) in [6.45, 7) is 8.06. The molecule has 3 N–H and O–H groups in total. The molecule has 26 heavy (non-hydrogen) atoms. The molecule has 1 aromatic heterocycles. The normalized spacial score (nSPS) is 16.6. The number of pyridine rings is 1. The van der Waals surface area contributed by atoms with Gasteiger partial charge in [0.1, 0.15) is 5.82 Å². The second-order valence-electron chi connectivity index (χ2n) is 8.13. The number of nitrogens with two attached hydrogens (primary N) is 1. The van der Waals surface area contributed by atoms with Gasteiger partial charge in [0.2, 0.25) is 0 Å². The molecule has 0 amide bonds. The molecule has 0 radical (unpaired) electrons. The van der Waals surface area contributed by atoms with E-state index in [9.17, 15) is 14.4 Å². The topological polar surface area (TPSA) is 96.3 Å². The minimum absolute atomic E-state index is 0.0670. The van der Waals surface area contributed by atoms with E-state index in [2.05, 4.69) is 9.88 Å². The number of carbonyl (C=O) groups excluding carboxylic acids is 2. The Morgan fingerprint density at radius 3 is 2.50 bits per heavy atom. The molecule has 0 unspecified atom stereocenters. The van der Waals surface area contributed by atoms with Crippen molar-refractivity contribution in [2.45, 2.75) is 46.5 Å². The van der Waals surface area contributed by atoms with Crippen LogP contribution in [-0.4, -0.2) is 41.1 Å². The number of halogens is 1. The van der Waals surface area contributed by atoms with E-state index in [1.165, 1.54) is 6.07 Å². The van der Waals surface area contributed by atoms with Crippen LogP contribution in [0.15, 0.2) is 10.9 Å². The van der Waals surface area contributed by atoms with Crippen LogP contribution in [-0.2, 0) is 4.79 Å². The van der Waals surface area contributed by atoms with Gasteiger partial charge in [-0.2, -0.15) is 0 Å². The van der Waals surface area contributed by atoms with Crippen molar-refractivity contribution in [3.63, 3.8) is 0 Å². The standard InChI is InChI=1S/C19H28ClN3O3/c1-19(2,3)16(25)11-23-8-6-12(7-9-23)4-5-15(24)13-10-14(20)17(21)22-18(13)26/h10,12H,4-9,11H2,1-3H3,(H3,21,22,26). The summed E-state index contributed by atoms with van der Waals surface area (Å²) in [6.07, 6.45) is 2.98. The van der Waals surface area contributed by atoms with E-state index in [4.69, 9.17) is 17.3 Å². The first-order valence-electron chi connectivity index (χ1n) is 9.05. The van der Waals surface area contributed by atoms with Crippen LogP contribution in [0.1, 0.15) is 56.8 Å². The molecule has 0 aliphatic carbocycles. The molecule has 0 saturated carbocycles. The number of rotatable bonds is 6. The minimum Gasteiger partial charge on any atom is -0.384 e. The second kappa shape index (κ2) is 8.35. The summed E-state index contributed by atoms with van der Waals surface area (Å²) >= 11 is 5.89. The highest BCUT2D eigenvalue weighted by Gasteiger charge is 2.26. The Balaban J connectivity index is 1.82. The number of nitrogens with one attached hydrogen (secondary N) is 1. The number of piperidine rings is 1. The van der Waals surface area contributed by atoms with Gasteiger partial charge in [-0.1, -0.05) is 32.4 Å². The van der Waals surface area contributed by atoms with Crippen LogP contribution < -0.4 is 11.3 Å². The number of hydrogen-bond acceptors (Lipinski definition) is 5. The molecule has 6 nitrogen and oxygen atoms in total. The number of nitrogens with zero attached hydrogens (tertiary/aromatic N) is 1. The Bertz CT molecular complexity index is 729. The zero-order valence-electron chi connectivity index (χ0n) is 15.7. The number of H-pyrrole nitrogens is 1. The van der Waals surface area contributed by atoms with Crippen LogP contribution in [0.3, 0.4) is 0 Å². The maximum absolute atomic E-state index is 12.3. The Morgan fingerprint density at radius 1 is 1.31 bits per heavy atom. The maximum atomic E-state index is 12.3. The van der Waals surface area contributed by atoms with Crippen molar-refractivity contribution in [3.8, 4) is 0 Å². The van der Waals surface area contributed by atoms with Crippen molar-refractivity contribution in [2.75, 3.05) is 25.4 Å². The van der Waals surface area contributed by atoms with E-state index in [1.54, 1.807) is 0 Å². The summed E-state index contributed by atoms with van der Waals surface area (Å²) in [4.78, 5) is 40.9. The molecule has 1 aliphatic rings. The SMILES string of the molecule is CC(C)(C)C(=O)CN1CCC(CCC(=O)c2cc(Cl)c(N)[nH]c2=O)CC1. The van der Waals surface area contributed by atoms with Crippen molar-refractivity contribution in [3.05, 3.63) is 27.0 Å². The van der Waals surface area contributed by atoms with Gasteiger partial charge in [-0.3, -0.25) is 19.3 Å². The van der Waals surface area contributed by atoms with Crippen LogP contribution in [0.4, 0.5) is 5.82 Å². The number of anilines is 1. The van der Waals surface area contributed by atoms with Crippen LogP contribution in [0.2, 0.25) is 5.02 Å². The maximum Gasteiger partial charge on any atom is 0.260 e. The lowest BCUT2D eigenvalue weighted by molar-refractivity contribution is -0.127. The summed E-state index contributed by atoms with van der Waals surface area (Å²) in [5.41, 5.74) is 4.79. The Hall–Kier alpha value is -1.66. The number of aromatic amines is 1. The van der Waals surface area contributed by atoms with Crippen LogP contribution in [0, 0.1) is 11.3 Å². The molecular weight excluding hydrogens is 354 g/mol. The molecule has 0 atom stereocenters. The average Bonchev–Trinajstić information content (AvgIpc) is 2.56. The first-order valence-corrected chi connectivity index (χ1v) is 9.43. The summed E-state index contributed by atoms with van der Waals surface area (Å²) in [5, 5.41) is 0.185. The highest BCUT2D eigenvalue weighted by molar-refractivity contribution is 6.33. The van der Waals surface area contributed by atoms with Gasteiger partial charge in [0, 0.05) is 11.8 Å². The van der Waals surface area contributed by atoms with Crippen LogP contribution >= 0.6 is 11.6 Å². The summed E-state index contributed by atoms with van der Waals surface area (Å²) < 4.78 is 0. The largest absolute Gasteiger partial charge is 0.384 e. The van der Waals surface area contributed by atoms with Gasteiger partial charge in [-0.15, -0.1) is 0 Å². The fourth-order valence-electron chi connectivity index (χ4n) is 3.07. The van der Waals surface area contributed by atoms with E-state index in [0.29, 0.717) is 18.9 Å². The molecule has 1 aliphatic heterocycles. The molecule has 0 spiro atoms. The van der Waals surface area contributed by atoms with E-state index >= 15 is 0 Å². The molecule has 7 heteroatoms. The smallest absolute Gasteiger partial charge is 0.260 e. The highest BCUT2D eigenvalue weighted by Crippen LogP contribution is 2.24. The van der Waals surface area contributed by atoms with Gasteiger partial charge in [0.05, 0.1) is 17.1 Å². The summed E-state index contributed by atoms with van der Waals surface area (Å²) in [6, 6.07) is 1.35. The van der Waals surface area contributed by atoms with Crippen molar-refractivity contribution in [1.29, 1.82) is 0 Å². The summed E-state index contributed by atoms with van der Waals surface area (Å²) in [7, 11) is 0. The number of carbonyl (C=O) groups is 2. The molecule has 1 saturated heterocycles. The van der Waals surface area contributed by atoms with Gasteiger partial charge in [-0.25, -0.2) is 0 Å². The third-order valence-electron chi connectivity index (χ3n) is 5.01. The van der Waals surface area contributed by atoms with Gasteiger partial charge in [0.25, 0.3) is 5.56 Å². The third kappa shape index (κ3) is 5.42. The Morgan fingerprint density at radius 2 is 1.92 bits per heavy atom. The van der Waals surface area contributed by atoms with Crippen molar-refractivity contribution >= 4 is 29.0 Å². The van der Waals surface area contributed by atoms with Gasteiger partial charge in [-0.05, 0) is 44.3 Å². The van der Waals surface area contributed by atoms with Crippen molar-refractivity contribution in [1.82, 2.24) is 9.88 Å². The van der Waals surface area contributed by atoms with Crippen LogP contribution in [0.25, 0.3) is 0 Å². The third-order valence-corrected chi connectivity index (χ3v) is 5.32. The van der Waals surface area contributed by atoms with E-state index < -0.39 is 5.56 Å². The first-order chi connectivity index (χ1) is 12.1. The van der Waals surface area contributed by atoms with Gasteiger partial charge < -0.3 is 10.7 Å². The van der Waals surface area contributed by atoms with E-state index in [1.807, 2.05) is 20.8 Å². The van der Waals surface area contributed by atoms with Gasteiger partial charge >= 0.3 is 0 Å². The van der Waals surface area contributed by atoms with Gasteiger partial charge in [0.15, 0.2) is 11.6 Å². The molecule has 1 fully saturated rings. The van der Waals surface area contributed by atoms with E-state index in [0.717, 1.165) is 32.4 Å². The van der Waals surface area contributed by atoms with Crippen LogP contribution in [0.5, 0.6) is 0 Å². The Kier molecular flexibility index (Phi) is 6.64. The van der Waals surface area contributed by atoms with Crippen molar-refractivity contribution < 1.29 is 9.59 Å². The quantitative estimate of drug-likeness (QED) is 0.738. The molecule has 2 rings (SSSR count). The highest BCUT2D eigenvalue weighted by atomic mass is 35.5. The molecular formula is C19H28ClN3O3. The monoisotopic (exact) mass is 381 g/mol. The molecule has 2 heterocycles. The lowest BCUT2D eigenvalue weighted by Crippen LogP contribution is -2.40. The molecule has 0 bridgehead atoms. The number of aromatic nitrogens is 1. The number of hydrogen-bond donors (Lipinski definition) is 2. The number of Topliss-reactive ketones (excluding diaryl/α,β-unsaturated/α-hetero) is 2. The number of ketones is 2. The lowest BCUT2D eigenvalue weighted by atomic mass is 9.88. The molecule has 144 valence electrons. The summed E-state index contributed by atoms with van der Waals surface area (Å²) in [5.74, 6) is 0.553. The predicted molar refractivity (Wildman–Crippen MR) is 104 cm³/mol.